The first-order valence-electron chi connectivity index (χ1n) is 10.1. The summed E-state index contributed by atoms with van der Waals surface area (Å²) in [7, 11) is 0. The molecule has 166 valence electrons. The second kappa shape index (κ2) is 11.5. The smallest absolute Gasteiger partial charge is 0.269 e. The van der Waals surface area contributed by atoms with Gasteiger partial charge in [0.1, 0.15) is 6.04 Å². The highest BCUT2D eigenvalue weighted by Crippen LogP contribution is 2.25. The van der Waals surface area contributed by atoms with E-state index in [1.807, 2.05) is 5.32 Å². The van der Waals surface area contributed by atoms with Gasteiger partial charge in [-0.15, -0.1) is 0 Å². The molecule has 0 radical (unpaired) electrons. The van der Waals surface area contributed by atoms with E-state index >= 15 is 0 Å². The van der Waals surface area contributed by atoms with Crippen LogP contribution in [0, 0.1) is 29.6 Å². The topological polar surface area (TPSA) is 98.7 Å². The highest BCUT2D eigenvalue weighted by Gasteiger charge is 2.46. The number of nitrogens with one attached hydrogen (secondary N) is 2. The van der Waals surface area contributed by atoms with E-state index in [2.05, 4.69) is 23.7 Å². The van der Waals surface area contributed by atoms with Gasteiger partial charge < -0.3 is 10.4 Å². The molecule has 0 bridgehead atoms. The van der Waals surface area contributed by atoms with Crippen molar-refractivity contribution in [2.75, 3.05) is 0 Å². The molecule has 1 aliphatic rings. The Morgan fingerprint density at radius 2 is 1.81 bits per heavy atom. The molecule has 8 heteroatoms. The van der Waals surface area contributed by atoms with Gasteiger partial charge in [0.15, 0.2) is 5.60 Å². The van der Waals surface area contributed by atoms with Crippen LogP contribution in [0.15, 0.2) is 24.3 Å². The van der Waals surface area contributed by atoms with E-state index in [-0.39, 0.29) is 5.56 Å². The van der Waals surface area contributed by atoms with Crippen LogP contribution in [-0.2, 0) is 4.79 Å². The number of hydrogen-bond acceptors (Lipinski definition) is 4. The molecule has 2 amide bonds. The molecule has 31 heavy (non-hydrogen) atoms. The molecule has 6 nitrogen and oxygen atoms in total. The summed E-state index contributed by atoms with van der Waals surface area (Å²) in [5.74, 6) is 9.97. The Balaban J connectivity index is 1.99. The van der Waals surface area contributed by atoms with Gasteiger partial charge in [-0.05, 0) is 61.8 Å². The Morgan fingerprint density at radius 1 is 1.16 bits per heavy atom. The number of hydroxylamine groups is 1. The third-order valence-electron chi connectivity index (χ3n) is 5.29. The van der Waals surface area contributed by atoms with Crippen LogP contribution in [-0.4, -0.2) is 40.2 Å². The maximum atomic E-state index is 13.1. The molecule has 0 spiro atoms. The van der Waals surface area contributed by atoms with Crippen molar-refractivity contribution in [3.63, 3.8) is 0 Å². The number of aliphatic hydroxyl groups is 1. The Kier molecular flexibility index (Phi) is 8.99. The summed E-state index contributed by atoms with van der Waals surface area (Å²) in [6, 6.07) is 3.84. The molecule has 1 fully saturated rings. The second-order valence-corrected chi connectivity index (χ2v) is 7.75. The first-order valence-corrected chi connectivity index (χ1v) is 10.1. The number of halogens is 2. The normalized spacial score (nSPS) is 16.7. The van der Waals surface area contributed by atoms with E-state index in [0.717, 1.165) is 6.42 Å². The fourth-order valence-corrected chi connectivity index (χ4v) is 3.32. The standard InChI is InChI=1S/C23H26F2N2O4/c1-23(30,22(24)25)19(21(29)27-31)26-20(28)18-14-12-17(13-15-18)11-7-3-6-10-16-8-4-2-5-9-16/h12-16,19,22,30-31H,2,4-5,8-10H2,1H3,(H,26,28)(H,27,29)/t19-,23+/m1/s1. The number of amides is 2. The van der Waals surface area contributed by atoms with E-state index < -0.39 is 29.9 Å². The molecule has 0 heterocycles. The highest BCUT2D eigenvalue weighted by atomic mass is 19.3. The summed E-state index contributed by atoms with van der Waals surface area (Å²) in [6.45, 7) is 0.686. The van der Waals surface area contributed by atoms with Crippen molar-refractivity contribution < 1.29 is 28.7 Å². The minimum atomic E-state index is -3.34. The second-order valence-electron chi connectivity index (χ2n) is 7.75. The number of hydrogen-bond donors (Lipinski definition) is 4. The summed E-state index contributed by atoms with van der Waals surface area (Å²) in [5.41, 5.74) is -1.05. The van der Waals surface area contributed by atoms with E-state index in [1.165, 1.54) is 49.7 Å². The zero-order valence-corrected chi connectivity index (χ0v) is 17.3. The largest absolute Gasteiger partial charge is 0.381 e. The fourth-order valence-electron chi connectivity index (χ4n) is 3.32. The Labute approximate surface area is 180 Å². The van der Waals surface area contributed by atoms with Crippen LogP contribution in [0.1, 0.15) is 61.4 Å². The van der Waals surface area contributed by atoms with Crippen molar-refractivity contribution in [1.82, 2.24) is 10.8 Å². The lowest BCUT2D eigenvalue weighted by Crippen LogP contribution is -2.61. The molecular weight excluding hydrogens is 406 g/mol. The average molecular weight is 432 g/mol. The fraction of sp³-hybridized carbons (Fsp3) is 0.478. The van der Waals surface area contributed by atoms with Crippen molar-refractivity contribution in [1.29, 1.82) is 0 Å². The van der Waals surface area contributed by atoms with Crippen molar-refractivity contribution in [3.8, 4) is 23.7 Å². The predicted octanol–water partition coefficient (Wildman–Crippen LogP) is 2.63. The molecule has 2 atom stereocenters. The molecule has 1 aromatic carbocycles. The molecule has 0 aliphatic heterocycles. The summed E-state index contributed by atoms with van der Waals surface area (Å²) in [4.78, 5) is 24.0. The average Bonchev–Trinajstić information content (AvgIpc) is 2.77. The summed E-state index contributed by atoms with van der Waals surface area (Å²) in [6.07, 6.45) is 3.79. The molecule has 4 N–H and O–H groups in total. The lowest BCUT2D eigenvalue weighted by molar-refractivity contribution is -0.149. The first-order chi connectivity index (χ1) is 14.8. The molecule has 2 rings (SSSR count). The maximum Gasteiger partial charge on any atom is 0.269 e. The SMILES string of the molecule is C[C@@](O)(C(F)F)[C@H](NC(=O)c1ccc(C#CC#CCC2CCCCC2)cc1)C(=O)NO. The lowest BCUT2D eigenvalue weighted by atomic mass is 9.87. The van der Waals surface area contributed by atoms with Gasteiger partial charge in [-0.1, -0.05) is 31.1 Å². The van der Waals surface area contributed by atoms with Gasteiger partial charge in [0, 0.05) is 17.5 Å². The summed E-state index contributed by atoms with van der Waals surface area (Å²) in [5, 5.41) is 20.6. The Hall–Kier alpha value is -2.94. The summed E-state index contributed by atoms with van der Waals surface area (Å²) >= 11 is 0. The van der Waals surface area contributed by atoms with Crippen LogP contribution in [0.25, 0.3) is 0 Å². The van der Waals surface area contributed by atoms with Crippen molar-refractivity contribution in [2.24, 2.45) is 5.92 Å². The van der Waals surface area contributed by atoms with Crippen LogP contribution in [0.3, 0.4) is 0 Å². The quantitative estimate of drug-likeness (QED) is 0.316. The van der Waals surface area contributed by atoms with Gasteiger partial charge in [-0.3, -0.25) is 14.8 Å². The molecule has 0 aromatic heterocycles. The van der Waals surface area contributed by atoms with Crippen LogP contribution >= 0.6 is 0 Å². The minimum absolute atomic E-state index is 0.0646. The van der Waals surface area contributed by atoms with E-state index in [0.29, 0.717) is 18.4 Å². The van der Waals surface area contributed by atoms with Gasteiger partial charge >= 0.3 is 0 Å². The number of carbonyl (C=O) groups is 2. The summed E-state index contributed by atoms with van der Waals surface area (Å²) < 4.78 is 26.1. The zero-order chi connectivity index (χ0) is 22.9. The third kappa shape index (κ3) is 7.06. The highest BCUT2D eigenvalue weighted by molar-refractivity contribution is 5.97. The minimum Gasteiger partial charge on any atom is -0.381 e. The van der Waals surface area contributed by atoms with Gasteiger partial charge in [-0.2, -0.15) is 0 Å². The Bertz CT molecular complexity index is 886. The number of carbonyl (C=O) groups excluding carboxylic acids is 2. The van der Waals surface area contributed by atoms with E-state index in [9.17, 15) is 23.5 Å². The molecular formula is C23H26F2N2O4. The van der Waals surface area contributed by atoms with Crippen LogP contribution < -0.4 is 10.8 Å². The van der Waals surface area contributed by atoms with Gasteiger partial charge in [0.2, 0.25) is 0 Å². The van der Waals surface area contributed by atoms with Crippen LogP contribution in [0.5, 0.6) is 0 Å². The Morgan fingerprint density at radius 3 is 2.39 bits per heavy atom. The lowest BCUT2D eigenvalue weighted by Gasteiger charge is -2.30. The zero-order valence-electron chi connectivity index (χ0n) is 17.3. The number of benzene rings is 1. The van der Waals surface area contributed by atoms with E-state index in [4.69, 9.17) is 5.21 Å². The van der Waals surface area contributed by atoms with Crippen molar-refractivity contribution in [2.45, 2.75) is 63.5 Å². The van der Waals surface area contributed by atoms with Gasteiger partial charge in [-0.25, -0.2) is 14.3 Å². The monoisotopic (exact) mass is 432 g/mol. The molecule has 1 aromatic rings. The molecule has 0 unspecified atom stereocenters. The van der Waals surface area contributed by atoms with E-state index in [1.54, 1.807) is 12.1 Å². The van der Waals surface area contributed by atoms with Gasteiger partial charge in [0.25, 0.3) is 18.2 Å². The number of rotatable bonds is 6. The van der Waals surface area contributed by atoms with Crippen LogP contribution in [0.4, 0.5) is 8.78 Å². The maximum absolute atomic E-state index is 13.1. The molecule has 1 aliphatic carbocycles. The predicted molar refractivity (Wildman–Crippen MR) is 110 cm³/mol. The third-order valence-corrected chi connectivity index (χ3v) is 5.29. The first kappa shape index (κ1) is 24.3. The van der Waals surface area contributed by atoms with Crippen molar-refractivity contribution >= 4 is 11.8 Å². The van der Waals surface area contributed by atoms with Gasteiger partial charge in [0.05, 0.1) is 0 Å². The molecule has 1 saturated carbocycles. The van der Waals surface area contributed by atoms with Crippen LogP contribution in [0.2, 0.25) is 0 Å². The molecule has 0 saturated heterocycles. The van der Waals surface area contributed by atoms with Crippen molar-refractivity contribution in [3.05, 3.63) is 35.4 Å². The number of alkyl halides is 2.